The van der Waals surface area contributed by atoms with E-state index < -0.39 is 0 Å². The van der Waals surface area contributed by atoms with Gasteiger partial charge in [0.2, 0.25) is 0 Å². The minimum absolute atomic E-state index is 0.0543. The van der Waals surface area contributed by atoms with E-state index in [9.17, 15) is 4.79 Å². The smallest absolute Gasteiger partial charge is 0.253 e. The van der Waals surface area contributed by atoms with Gasteiger partial charge in [-0.15, -0.1) is 0 Å². The van der Waals surface area contributed by atoms with Crippen molar-refractivity contribution < 1.29 is 4.79 Å². The number of nitrogens with one attached hydrogen (secondary N) is 1. The molecule has 7 heteroatoms. The van der Waals surface area contributed by atoms with Crippen LogP contribution in [-0.2, 0) is 6.54 Å². The van der Waals surface area contributed by atoms with Crippen molar-refractivity contribution in [2.75, 3.05) is 13.6 Å². The maximum Gasteiger partial charge on any atom is 0.253 e. The minimum atomic E-state index is -0.0543. The number of carbonyl (C=O) groups excluding carboxylic acids is 1. The molecule has 0 aliphatic heterocycles. The Kier molecular flexibility index (Phi) is 6.49. The third kappa shape index (κ3) is 5.10. The van der Waals surface area contributed by atoms with Gasteiger partial charge in [0.15, 0.2) is 5.82 Å². The summed E-state index contributed by atoms with van der Waals surface area (Å²) in [6.07, 6.45) is 13.4. The highest BCUT2D eigenvalue weighted by molar-refractivity contribution is 5.94. The third-order valence-corrected chi connectivity index (χ3v) is 5.70. The highest BCUT2D eigenvalue weighted by Gasteiger charge is 2.27. The number of amides is 1. The minimum Gasteiger partial charge on any atom is -0.349 e. The summed E-state index contributed by atoms with van der Waals surface area (Å²) < 4.78 is 1.68. The fourth-order valence-electron chi connectivity index (χ4n) is 4.20. The van der Waals surface area contributed by atoms with Gasteiger partial charge in [0, 0.05) is 50.1 Å². The highest BCUT2D eigenvalue weighted by Crippen LogP contribution is 2.26. The highest BCUT2D eigenvalue weighted by atomic mass is 16.1. The summed E-state index contributed by atoms with van der Waals surface area (Å²) in [5.74, 6) is 1.09. The molecule has 1 aliphatic carbocycles. The molecule has 0 aromatic carbocycles. The number of aromatic nitrogens is 4. The SMILES string of the molecule is CN(Cc1cccnc1)C[C@@H]1CCCC[C@H]1NC(=O)c1ccc(-n2cccn2)nc1. The van der Waals surface area contributed by atoms with Crippen molar-refractivity contribution in [3.8, 4) is 5.82 Å². The van der Waals surface area contributed by atoms with Gasteiger partial charge in [-0.05, 0) is 55.6 Å². The van der Waals surface area contributed by atoms with Crippen LogP contribution in [0.5, 0.6) is 0 Å². The van der Waals surface area contributed by atoms with Crippen LogP contribution in [0.2, 0.25) is 0 Å². The number of nitrogens with zero attached hydrogens (tertiary/aromatic N) is 5. The van der Waals surface area contributed by atoms with E-state index in [-0.39, 0.29) is 11.9 Å². The predicted octanol–water partition coefficient (Wildman–Crippen LogP) is 3.08. The van der Waals surface area contributed by atoms with E-state index in [2.05, 4.69) is 38.4 Å². The number of rotatable bonds is 7. The molecular formula is C23H28N6O. The largest absolute Gasteiger partial charge is 0.349 e. The molecule has 2 atom stereocenters. The second-order valence-corrected chi connectivity index (χ2v) is 8.04. The Morgan fingerprint density at radius 3 is 2.80 bits per heavy atom. The quantitative estimate of drug-likeness (QED) is 0.655. The summed E-state index contributed by atoms with van der Waals surface area (Å²) in [7, 11) is 2.14. The summed E-state index contributed by atoms with van der Waals surface area (Å²) >= 11 is 0. The Bertz CT molecular complexity index is 926. The maximum absolute atomic E-state index is 12.8. The van der Waals surface area contributed by atoms with Gasteiger partial charge in [0.05, 0.1) is 5.56 Å². The van der Waals surface area contributed by atoms with Crippen molar-refractivity contribution in [3.63, 3.8) is 0 Å². The van der Waals surface area contributed by atoms with E-state index in [0.29, 0.717) is 17.3 Å². The van der Waals surface area contributed by atoms with Gasteiger partial charge in [-0.25, -0.2) is 9.67 Å². The molecule has 4 rings (SSSR count). The Morgan fingerprint density at radius 1 is 1.17 bits per heavy atom. The van der Waals surface area contributed by atoms with Crippen LogP contribution in [0.25, 0.3) is 5.82 Å². The molecule has 0 saturated heterocycles. The number of hydrogen-bond acceptors (Lipinski definition) is 5. The lowest BCUT2D eigenvalue weighted by molar-refractivity contribution is 0.0889. The first kappa shape index (κ1) is 20.2. The average molecular weight is 405 g/mol. The van der Waals surface area contributed by atoms with Crippen LogP contribution in [0.3, 0.4) is 0 Å². The molecular weight excluding hydrogens is 376 g/mol. The molecule has 1 aliphatic rings. The van der Waals surface area contributed by atoms with Crippen LogP contribution in [-0.4, -0.2) is 50.2 Å². The van der Waals surface area contributed by atoms with Crippen LogP contribution in [0.4, 0.5) is 0 Å². The Labute approximate surface area is 177 Å². The molecule has 0 radical (unpaired) electrons. The number of pyridine rings is 2. The summed E-state index contributed by atoms with van der Waals surface area (Å²) in [6, 6.07) is 9.74. The molecule has 1 amide bonds. The molecule has 1 saturated carbocycles. The normalized spacial score (nSPS) is 19.0. The van der Waals surface area contributed by atoms with E-state index in [0.717, 1.165) is 32.4 Å². The summed E-state index contributed by atoms with van der Waals surface area (Å²) in [5, 5.41) is 7.44. The van der Waals surface area contributed by atoms with Gasteiger partial charge < -0.3 is 10.2 Å². The third-order valence-electron chi connectivity index (χ3n) is 5.70. The van der Waals surface area contributed by atoms with Crippen LogP contribution in [0.15, 0.2) is 61.3 Å². The van der Waals surface area contributed by atoms with Gasteiger partial charge in [-0.1, -0.05) is 18.9 Å². The van der Waals surface area contributed by atoms with Crippen LogP contribution in [0.1, 0.15) is 41.6 Å². The average Bonchev–Trinajstić information content (AvgIpc) is 3.31. The molecule has 30 heavy (non-hydrogen) atoms. The van der Waals surface area contributed by atoms with Crippen molar-refractivity contribution in [2.24, 2.45) is 5.92 Å². The first-order valence-corrected chi connectivity index (χ1v) is 10.5. The van der Waals surface area contributed by atoms with Crippen LogP contribution >= 0.6 is 0 Å². The van der Waals surface area contributed by atoms with Gasteiger partial charge in [-0.3, -0.25) is 9.78 Å². The summed E-state index contributed by atoms with van der Waals surface area (Å²) in [6.45, 7) is 1.82. The zero-order valence-corrected chi connectivity index (χ0v) is 17.3. The standard InChI is InChI=1S/C23H28N6O/c1-28(16-18-6-4-11-24-14-18)17-20-7-2-3-8-21(20)27-23(30)19-9-10-22(25-15-19)29-13-5-12-26-29/h4-6,9-15,20-21H,2-3,7-8,16-17H2,1H3,(H,27,30)/t20-,21+/m0/s1. The molecule has 1 fully saturated rings. The second-order valence-electron chi connectivity index (χ2n) is 8.04. The van der Waals surface area contributed by atoms with Gasteiger partial charge in [-0.2, -0.15) is 5.10 Å². The van der Waals surface area contributed by atoms with Crippen molar-refractivity contribution >= 4 is 5.91 Å². The molecule has 156 valence electrons. The van der Waals surface area contributed by atoms with Crippen molar-refractivity contribution in [1.82, 2.24) is 30.0 Å². The predicted molar refractivity (Wildman–Crippen MR) is 115 cm³/mol. The molecule has 3 aromatic rings. The molecule has 0 spiro atoms. The zero-order chi connectivity index (χ0) is 20.8. The molecule has 1 N–H and O–H groups in total. The van der Waals surface area contributed by atoms with E-state index in [4.69, 9.17) is 0 Å². The molecule has 7 nitrogen and oxygen atoms in total. The monoisotopic (exact) mass is 404 g/mol. The Morgan fingerprint density at radius 2 is 2.07 bits per heavy atom. The lowest BCUT2D eigenvalue weighted by atomic mass is 9.84. The van der Waals surface area contributed by atoms with Crippen molar-refractivity contribution in [1.29, 1.82) is 0 Å². The van der Waals surface area contributed by atoms with Gasteiger partial charge >= 0.3 is 0 Å². The fourth-order valence-corrected chi connectivity index (χ4v) is 4.20. The fraction of sp³-hybridized carbons (Fsp3) is 0.391. The molecule has 0 unspecified atom stereocenters. The number of carbonyl (C=O) groups is 1. The Balaban J connectivity index is 1.36. The first-order valence-electron chi connectivity index (χ1n) is 10.5. The Hall–Kier alpha value is -3.06. The summed E-state index contributed by atoms with van der Waals surface area (Å²) in [5.41, 5.74) is 1.79. The lowest BCUT2D eigenvalue weighted by Crippen LogP contribution is -2.45. The van der Waals surface area contributed by atoms with E-state index in [1.54, 1.807) is 23.3 Å². The number of hydrogen-bond donors (Lipinski definition) is 1. The van der Waals surface area contributed by atoms with Gasteiger partial charge in [0.25, 0.3) is 5.91 Å². The van der Waals surface area contributed by atoms with Crippen LogP contribution in [0, 0.1) is 5.92 Å². The van der Waals surface area contributed by atoms with Crippen LogP contribution < -0.4 is 5.32 Å². The van der Waals surface area contributed by atoms with E-state index in [1.165, 1.54) is 12.0 Å². The summed E-state index contributed by atoms with van der Waals surface area (Å²) in [4.78, 5) is 23.7. The lowest BCUT2D eigenvalue weighted by Gasteiger charge is -2.35. The van der Waals surface area contributed by atoms with Crippen molar-refractivity contribution in [2.45, 2.75) is 38.3 Å². The van der Waals surface area contributed by atoms with Gasteiger partial charge in [0.1, 0.15) is 0 Å². The topological polar surface area (TPSA) is 75.9 Å². The second kappa shape index (κ2) is 9.63. The first-order chi connectivity index (χ1) is 14.7. The molecule has 0 bridgehead atoms. The molecule has 3 aromatic heterocycles. The van der Waals surface area contributed by atoms with Crippen molar-refractivity contribution in [3.05, 3.63) is 72.4 Å². The molecule has 3 heterocycles. The van der Waals surface area contributed by atoms with E-state index in [1.807, 2.05) is 36.7 Å². The maximum atomic E-state index is 12.8. The van der Waals surface area contributed by atoms with E-state index >= 15 is 0 Å². The zero-order valence-electron chi connectivity index (χ0n) is 17.3.